The number of hydrogen-bond acceptors (Lipinski definition) is 5. The molecule has 2 aromatic rings. The summed E-state index contributed by atoms with van der Waals surface area (Å²) in [5, 5.41) is 0. The van der Waals surface area contributed by atoms with Crippen LogP contribution in [-0.2, 0) is 16.1 Å². The zero-order chi connectivity index (χ0) is 20.9. The van der Waals surface area contributed by atoms with E-state index >= 15 is 0 Å². The largest absolute Gasteiger partial charge is 0.491 e. The van der Waals surface area contributed by atoms with Crippen molar-refractivity contribution >= 4 is 5.91 Å². The minimum Gasteiger partial charge on any atom is -0.491 e. The summed E-state index contributed by atoms with van der Waals surface area (Å²) in [7, 11) is 0. The van der Waals surface area contributed by atoms with Crippen molar-refractivity contribution in [3.63, 3.8) is 0 Å². The molecule has 7 heteroatoms. The van der Waals surface area contributed by atoms with Crippen LogP contribution in [0.2, 0.25) is 0 Å². The predicted molar refractivity (Wildman–Crippen MR) is 111 cm³/mol. The Kier molecular flexibility index (Phi) is 6.59. The van der Waals surface area contributed by atoms with Crippen molar-refractivity contribution in [1.82, 2.24) is 14.8 Å². The smallest absolute Gasteiger partial charge is 0.248 e. The number of hydrogen-bond donors (Lipinski definition) is 0. The van der Waals surface area contributed by atoms with E-state index in [0.29, 0.717) is 18.9 Å². The highest BCUT2D eigenvalue weighted by Crippen LogP contribution is 2.22. The number of benzene rings is 1. The molecule has 1 aromatic carbocycles. The summed E-state index contributed by atoms with van der Waals surface area (Å²) < 4.78 is 24.4. The fourth-order valence-corrected chi connectivity index (χ4v) is 4.13. The fraction of sp³-hybridized carbons (Fsp3) is 0.478. The molecular formula is C23H28FN3O3. The van der Waals surface area contributed by atoms with E-state index in [2.05, 4.69) is 16.0 Å². The summed E-state index contributed by atoms with van der Waals surface area (Å²) in [6.45, 7) is 5.71. The van der Waals surface area contributed by atoms with Gasteiger partial charge in [0.25, 0.3) is 0 Å². The number of pyridine rings is 1. The van der Waals surface area contributed by atoms with E-state index in [1.807, 2.05) is 24.0 Å². The van der Waals surface area contributed by atoms with Crippen molar-refractivity contribution in [2.45, 2.75) is 38.5 Å². The molecule has 0 spiro atoms. The van der Waals surface area contributed by atoms with E-state index in [0.717, 1.165) is 43.9 Å². The Morgan fingerprint density at radius 1 is 1.17 bits per heavy atom. The maximum atomic E-state index is 13.0. The average Bonchev–Trinajstić information content (AvgIpc) is 2.75. The Hall–Kier alpha value is -2.51. The molecule has 3 heterocycles. The van der Waals surface area contributed by atoms with E-state index in [1.165, 1.54) is 12.1 Å². The van der Waals surface area contributed by atoms with Crippen molar-refractivity contribution < 1.29 is 18.7 Å². The van der Waals surface area contributed by atoms with Gasteiger partial charge >= 0.3 is 0 Å². The highest BCUT2D eigenvalue weighted by atomic mass is 19.1. The van der Waals surface area contributed by atoms with Crippen molar-refractivity contribution in [3.8, 4) is 5.75 Å². The van der Waals surface area contributed by atoms with E-state index < -0.39 is 0 Å². The number of likely N-dealkylation sites (tertiary alicyclic amines) is 1. The van der Waals surface area contributed by atoms with E-state index in [1.54, 1.807) is 12.1 Å². The lowest BCUT2D eigenvalue weighted by Gasteiger charge is -2.42. The lowest BCUT2D eigenvalue weighted by Crippen LogP contribution is -2.55. The van der Waals surface area contributed by atoms with Crippen molar-refractivity contribution in [1.29, 1.82) is 0 Å². The molecular weight excluding hydrogens is 385 g/mol. The molecule has 160 valence electrons. The van der Waals surface area contributed by atoms with E-state index in [-0.39, 0.29) is 30.5 Å². The minimum absolute atomic E-state index is 0.0480. The normalized spacial score (nSPS) is 21.1. The monoisotopic (exact) mass is 413 g/mol. The molecule has 0 radical (unpaired) electrons. The van der Waals surface area contributed by atoms with E-state index in [4.69, 9.17) is 9.47 Å². The molecule has 0 N–H and O–H groups in total. The summed E-state index contributed by atoms with van der Waals surface area (Å²) >= 11 is 0. The highest BCUT2D eigenvalue weighted by molar-refractivity contribution is 5.78. The van der Waals surface area contributed by atoms with Gasteiger partial charge in [0.05, 0.1) is 12.2 Å². The molecule has 1 aromatic heterocycles. The summed E-state index contributed by atoms with van der Waals surface area (Å²) in [4.78, 5) is 21.4. The second-order valence-corrected chi connectivity index (χ2v) is 8.02. The van der Waals surface area contributed by atoms with Gasteiger partial charge in [-0.15, -0.1) is 0 Å². The minimum atomic E-state index is -0.294. The molecule has 2 saturated heterocycles. The third-order valence-corrected chi connectivity index (χ3v) is 5.74. The van der Waals surface area contributed by atoms with Gasteiger partial charge in [-0.05, 0) is 56.2 Å². The first kappa shape index (κ1) is 20.8. The zero-order valence-electron chi connectivity index (χ0n) is 17.3. The van der Waals surface area contributed by atoms with Crippen molar-refractivity contribution in [3.05, 3.63) is 59.7 Å². The van der Waals surface area contributed by atoms with Gasteiger partial charge in [-0.3, -0.25) is 14.7 Å². The number of carbonyl (C=O) groups is 1. The summed E-state index contributed by atoms with van der Waals surface area (Å²) in [5.41, 5.74) is 2.13. The van der Waals surface area contributed by atoms with Crippen molar-refractivity contribution in [2.75, 3.05) is 32.8 Å². The van der Waals surface area contributed by atoms with E-state index in [9.17, 15) is 9.18 Å². The molecule has 6 nitrogen and oxygen atoms in total. The lowest BCUT2D eigenvalue weighted by molar-refractivity contribution is -0.155. The van der Waals surface area contributed by atoms with Crippen LogP contribution in [0.1, 0.15) is 24.2 Å². The summed E-state index contributed by atoms with van der Waals surface area (Å²) in [6.07, 6.45) is 1.72. The van der Waals surface area contributed by atoms with Gasteiger partial charge < -0.3 is 14.4 Å². The van der Waals surface area contributed by atoms with Crippen LogP contribution in [0, 0.1) is 12.7 Å². The van der Waals surface area contributed by atoms with Crippen LogP contribution in [-0.4, -0.2) is 65.7 Å². The molecule has 2 aliphatic rings. The highest BCUT2D eigenvalue weighted by Gasteiger charge is 2.33. The summed E-state index contributed by atoms with van der Waals surface area (Å²) in [5.74, 6) is 0.353. The molecule has 0 bridgehead atoms. The zero-order valence-corrected chi connectivity index (χ0v) is 17.3. The molecule has 2 aliphatic heterocycles. The Morgan fingerprint density at radius 3 is 2.67 bits per heavy atom. The van der Waals surface area contributed by atoms with Crippen molar-refractivity contribution in [2.24, 2.45) is 0 Å². The molecule has 0 unspecified atom stereocenters. The third kappa shape index (κ3) is 5.34. The molecule has 2 fully saturated rings. The second-order valence-electron chi connectivity index (χ2n) is 8.02. The third-order valence-electron chi connectivity index (χ3n) is 5.74. The van der Waals surface area contributed by atoms with Gasteiger partial charge in [-0.1, -0.05) is 6.07 Å². The number of aryl methyl sites for hydroxylation is 1. The number of halogens is 1. The van der Waals surface area contributed by atoms with Crippen LogP contribution in [0.3, 0.4) is 0 Å². The number of carbonyl (C=O) groups excluding carboxylic acids is 1. The Bertz CT molecular complexity index is 853. The van der Waals surface area contributed by atoms with Gasteiger partial charge in [0.1, 0.15) is 30.9 Å². The first-order chi connectivity index (χ1) is 14.6. The molecule has 1 amide bonds. The fourth-order valence-electron chi connectivity index (χ4n) is 4.13. The number of ether oxygens (including phenoxy) is 2. The van der Waals surface area contributed by atoms with Crippen LogP contribution in [0.15, 0.2) is 42.5 Å². The maximum Gasteiger partial charge on any atom is 0.248 e. The Morgan fingerprint density at radius 2 is 1.93 bits per heavy atom. The number of nitrogens with zero attached hydrogens (tertiary/aromatic N) is 3. The van der Waals surface area contributed by atoms with Gasteiger partial charge in [0.2, 0.25) is 5.91 Å². The number of piperidine rings is 1. The lowest BCUT2D eigenvalue weighted by atomic mass is 10.0. The van der Waals surface area contributed by atoms with Gasteiger partial charge in [0.15, 0.2) is 0 Å². The number of morpholine rings is 1. The van der Waals surface area contributed by atoms with Crippen LogP contribution in [0.5, 0.6) is 5.75 Å². The molecule has 30 heavy (non-hydrogen) atoms. The Balaban J connectivity index is 1.27. The van der Waals surface area contributed by atoms with Crippen LogP contribution in [0.4, 0.5) is 4.39 Å². The Labute approximate surface area is 176 Å². The molecule has 0 saturated carbocycles. The number of amides is 1. The van der Waals surface area contributed by atoms with Gasteiger partial charge in [-0.2, -0.15) is 0 Å². The number of rotatable bonds is 6. The van der Waals surface area contributed by atoms with Crippen LogP contribution in [0.25, 0.3) is 0 Å². The average molecular weight is 413 g/mol. The first-order valence-corrected chi connectivity index (χ1v) is 10.5. The molecule has 4 rings (SSSR count). The predicted octanol–water partition coefficient (Wildman–Crippen LogP) is 2.80. The van der Waals surface area contributed by atoms with Crippen LogP contribution < -0.4 is 4.74 Å². The number of aromatic nitrogens is 1. The summed E-state index contributed by atoms with van der Waals surface area (Å²) in [6, 6.07) is 12.3. The van der Waals surface area contributed by atoms with Gasteiger partial charge in [-0.25, -0.2) is 4.39 Å². The topological polar surface area (TPSA) is 54.9 Å². The molecule has 0 aliphatic carbocycles. The quantitative estimate of drug-likeness (QED) is 0.729. The SMILES string of the molecule is Cc1cccc(CN2CCC(N3C[C@H](COc4ccc(F)cc4)OCC3=O)CC2)n1. The second kappa shape index (κ2) is 9.53. The maximum absolute atomic E-state index is 13.0. The standard InChI is InChI=1S/C23H28FN3O3/c1-17-3-2-4-19(25-17)13-26-11-9-20(10-12-26)27-14-22(30-16-23(27)28)15-29-21-7-5-18(24)6-8-21/h2-8,20,22H,9-16H2,1H3/t22-/m1/s1. The van der Waals surface area contributed by atoms with Gasteiger partial charge in [0, 0.05) is 31.4 Å². The van der Waals surface area contributed by atoms with Crippen LogP contribution >= 0.6 is 0 Å². The molecule has 1 atom stereocenters. The first-order valence-electron chi connectivity index (χ1n) is 10.5.